The lowest BCUT2D eigenvalue weighted by atomic mass is 9.94. The molecule has 0 saturated heterocycles. The quantitative estimate of drug-likeness (QED) is 0.447. The molecule has 0 radical (unpaired) electrons. The summed E-state index contributed by atoms with van der Waals surface area (Å²) in [5.41, 5.74) is 0. The van der Waals surface area contributed by atoms with Crippen molar-refractivity contribution in [2.75, 3.05) is 0 Å². The molecule has 2 saturated carbocycles. The Bertz CT molecular complexity index is 683. The number of thioether (sulfide) groups is 2. The van der Waals surface area contributed by atoms with Gasteiger partial charge in [0, 0.05) is 9.79 Å². The summed E-state index contributed by atoms with van der Waals surface area (Å²) in [5, 5.41) is 10.3. The summed E-state index contributed by atoms with van der Waals surface area (Å²) in [4.78, 5) is 2.47. The molecule has 2 aliphatic rings. The predicted octanol–water partition coefficient (Wildman–Crippen LogP) is 8.34. The van der Waals surface area contributed by atoms with Crippen LogP contribution in [0.25, 0.3) is 0 Å². The van der Waals surface area contributed by atoms with E-state index in [0.29, 0.717) is 0 Å². The van der Waals surface area contributed by atoms with Gasteiger partial charge in [-0.15, -0.1) is 0 Å². The van der Waals surface area contributed by atoms with E-state index in [9.17, 15) is 0 Å². The van der Waals surface area contributed by atoms with E-state index in [-0.39, 0.29) is 9.74 Å². The van der Waals surface area contributed by atoms with Crippen molar-refractivity contribution in [2.45, 2.75) is 83.7 Å². The molecule has 0 unspecified atom stereocenters. The van der Waals surface area contributed by atoms with Crippen molar-refractivity contribution in [1.29, 1.82) is 0 Å². The minimum atomic E-state index is -0.0820. The van der Waals surface area contributed by atoms with Gasteiger partial charge in [-0.05, 0) is 49.9 Å². The van der Waals surface area contributed by atoms with Crippen LogP contribution in [-0.2, 0) is 0 Å². The molecule has 0 N–H and O–H groups in total. The van der Waals surface area contributed by atoms with Crippen LogP contribution in [0.4, 0.5) is 0 Å². The Labute approximate surface area is 178 Å². The molecule has 28 heavy (non-hydrogen) atoms. The van der Waals surface area contributed by atoms with E-state index in [1.54, 1.807) is 0 Å². The summed E-state index contributed by atoms with van der Waals surface area (Å²) >= 11 is 3.87. The first kappa shape index (κ1) is 20.0. The van der Waals surface area contributed by atoms with Crippen LogP contribution in [0.3, 0.4) is 0 Å². The zero-order valence-electron chi connectivity index (χ0n) is 16.6. The van der Waals surface area contributed by atoms with Gasteiger partial charge >= 0.3 is 0 Å². The van der Waals surface area contributed by atoms with E-state index < -0.39 is 0 Å². The Kier molecular flexibility index (Phi) is 6.79. The summed E-state index contributed by atoms with van der Waals surface area (Å²) in [6.45, 7) is 0. The second-order valence-electron chi connectivity index (χ2n) is 8.04. The molecule has 0 amide bonds. The summed E-state index contributed by atoms with van der Waals surface area (Å²) in [6, 6.07) is 21.6. The van der Waals surface area contributed by atoms with Crippen LogP contribution in [0.15, 0.2) is 80.7 Å². The fraction of sp³-hybridized carbons (Fsp3) is 0.500. The normalized spacial score (nSPS) is 21.6. The monoisotopic (exact) mass is 410 g/mol. The molecule has 0 aromatic heterocycles. The Balaban J connectivity index is 1.58. The summed E-state index contributed by atoms with van der Waals surface area (Å²) in [5.74, 6) is 0. The van der Waals surface area contributed by atoms with Crippen molar-refractivity contribution in [3.8, 4) is 0 Å². The first-order valence-corrected chi connectivity index (χ1v) is 12.3. The predicted molar refractivity (Wildman–Crippen MR) is 121 cm³/mol. The summed E-state index contributed by atoms with van der Waals surface area (Å²) in [7, 11) is 0. The molecule has 0 aliphatic heterocycles. The number of rotatable bonds is 6. The van der Waals surface area contributed by atoms with E-state index in [1.807, 2.05) is 23.5 Å². The minimum absolute atomic E-state index is 0.0820. The van der Waals surface area contributed by atoms with Crippen LogP contribution >= 0.6 is 23.5 Å². The lowest BCUT2D eigenvalue weighted by molar-refractivity contribution is 0.353. The van der Waals surface area contributed by atoms with Gasteiger partial charge in [0.2, 0.25) is 0 Å². The number of hydrogen-bond acceptors (Lipinski definition) is 4. The fourth-order valence-electron chi connectivity index (χ4n) is 4.25. The van der Waals surface area contributed by atoms with Crippen LogP contribution in [0.5, 0.6) is 0 Å². The largest absolute Gasteiger partial charge is 0.175 e. The second-order valence-corrected chi connectivity index (χ2v) is 10.9. The van der Waals surface area contributed by atoms with Crippen molar-refractivity contribution in [2.24, 2.45) is 10.2 Å². The molecule has 0 bridgehead atoms. The lowest BCUT2D eigenvalue weighted by Gasteiger charge is -2.36. The van der Waals surface area contributed by atoms with E-state index in [1.165, 1.54) is 48.3 Å². The molecule has 2 aromatic carbocycles. The third kappa shape index (κ3) is 5.21. The number of benzene rings is 2. The molecule has 2 aromatic rings. The first-order chi connectivity index (χ1) is 13.8. The third-order valence-corrected chi connectivity index (χ3v) is 8.54. The molecule has 4 rings (SSSR count). The Morgan fingerprint density at radius 1 is 0.500 bits per heavy atom. The average Bonchev–Trinajstić information content (AvgIpc) is 2.75. The van der Waals surface area contributed by atoms with Crippen LogP contribution in [0, 0.1) is 0 Å². The Morgan fingerprint density at radius 2 is 0.857 bits per heavy atom. The highest BCUT2D eigenvalue weighted by Crippen LogP contribution is 2.49. The maximum atomic E-state index is 5.17. The molecule has 2 nitrogen and oxygen atoms in total. The highest BCUT2D eigenvalue weighted by atomic mass is 32.2. The van der Waals surface area contributed by atoms with Crippen LogP contribution in [-0.4, -0.2) is 9.74 Å². The zero-order valence-corrected chi connectivity index (χ0v) is 18.2. The van der Waals surface area contributed by atoms with Gasteiger partial charge in [-0.1, -0.05) is 98.4 Å². The lowest BCUT2D eigenvalue weighted by Crippen LogP contribution is -2.29. The van der Waals surface area contributed by atoms with E-state index in [0.717, 1.165) is 25.7 Å². The highest BCUT2D eigenvalue weighted by molar-refractivity contribution is 8.01. The van der Waals surface area contributed by atoms with Gasteiger partial charge in [-0.25, -0.2) is 0 Å². The SMILES string of the molecule is c1ccc(SC2(/N=N/C3(Sc4ccccc4)CCCCC3)CCCCC2)cc1. The van der Waals surface area contributed by atoms with Crippen molar-refractivity contribution in [1.82, 2.24) is 0 Å². The number of hydrogen-bond donors (Lipinski definition) is 0. The smallest absolute Gasteiger partial charge is 0.131 e. The van der Waals surface area contributed by atoms with Crippen LogP contribution in [0.1, 0.15) is 64.2 Å². The zero-order chi connectivity index (χ0) is 19.1. The van der Waals surface area contributed by atoms with Crippen molar-refractivity contribution in [3.63, 3.8) is 0 Å². The average molecular weight is 411 g/mol. The van der Waals surface area contributed by atoms with E-state index in [2.05, 4.69) is 60.7 Å². The first-order valence-electron chi connectivity index (χ1n) is 10.7. The van der Waals surface area contributed by atoms with Gasteiger partial charge in [0.15, 0.2) is 0 Å². The maximum absolute atomic E-state index is 5.17. The molecule has 4 heteroatoms. The molecular weight excluding hydrogens is 380 g/mol. The summed E-state index contributed by atoms with van der Waals surface area (Å²) in [6.07, 6.45) is 12.3. The fourth-order valence-corrected chi connectivity index (χ4v) is 6.86. The molecule has 2 aliphatic carbocycles. The Hall–Kier alpha value is -1.26. The maximum Gasteiger partial charge on any atom is 0.131 e. The number of azo groups is 1. The van der Waals surface area contributed by atoms with Gasteiger partial charge in [0.25, 0.3) is 0 Å². The Morgan fingerprint density at radius 3 is 1.21 bits per heavy atom. The standard InChI is InChI=1S/C24H30N2S2/c1-5-13-21(14-6-1)27-23(17-9-3-10-18-23)25-26-24(19-11-4-12-20-24)28-22-15-7-2-8-16-22/h1-2,5-8,13-16H,3-4,9-12,17-20H2/b26-25+. The topological polar surface area (TPSA) is 24.7 Å². The van der Waals surface area contributed by atoms with Crippen LogP contribution in [0.2, 0.25) is 0 Å². The molecule has 0 heterocycles. The van der Waals surface area contributed by atoms with Gasteiger partial charge in [-0.2, -0.15) is 10.2 Å². The van der Waals surface area contributed by atoms with Gasteiger partial charge < -0.3 is 0 Å². The molecule has 2 fully saturated rings. The van der Waals surface area contributed by atoms with Crippen molar-refractivity contribution < 1.29 is 0 Å². The molecule has 0 spiro atoms. The van der Waals surface area contributed by atoms with Crippen LogP contribution < -0.4 is 0 Å². The summed E-state index contributed by atoms with van der Waals surface area (Å²) < 4.78 is 0. The molecule has 0 atom stereocenters. The van der Waals surface area contributed by atoms with E-state index >= 15 is 0 Å². The van der Waals surface area contributed by atoms with E-state index in [4.69, 9.17) is 10.2 Å². The highest BCUT2D eigenvalue weighted by Gasteiger charge is 2.38. The van der Waals surface area contributed by atoms with Gasteiger partial charge in [0.1, 0.15) is 9.74 Å². The second kappa shape index (κ2) is 9.49. The minimum Gasteiger partial charge on any atom is -0.175 e. The van der Waals surface area contributed by atoms with Gasteiger partial charge in [-0.3, -0.25) is 0 Å². The third-order valence-electron chi connectivity index (χ3n) is 5.79. The number of nitrogens with zero attached hydrogens (tertiary/aromatic N) is 2. The molecule has 148 valence electrons. The van der Waals surface area contributed by atoms with Gasteiger partial charge in [0.05, 0.1) is 0 Å². The molecular formula is C24H30N2S2. The van der Waals surface area contributed by atoms with Crippen molar-refractivity contribution in [3.05, 3.63) is 60.7 Å². The van der Waals surface area contributed by atoms with Crippen molar-refractivity contribution >= 4 is 23.5 Å².